The number of carbonyl (C=O) groups excluding carboxylic acids is 1. The Morgan fingerprint density at radius 2 is 2.35 bits per heavy atom. The second-order valence-corrected chi connectivity index (χ2v) is 5.76. The molecule has 1 aliphatic rings. The van der Waals surface area contributed by atoms with Crippen molar-refractivity contribution in [3.63, 3.8) is 0 Å². The van der Waals surface area contributed by atoms with Crippen LogP contribution >= 0.6 is 11.3 Å². The molecule has 0 saturated carbocycles. The van der Waals surface area contributed by atoms with Crippen molar-refractivity contribution in [1.29, 1.82) is 0 Å². The predicted molar refractivity (Wildman–Crippen MR) is 78.2 cm³/mol. The lowest BCUT2D eigenvalue weighted by atomic mass is 10.1. The highest BCUT2D eigenvalue weighted by Crippen LogP contribution is 2.27. The molecule has 3 rings (SSSR count). The first-order valence-corrected chi connectivity index (χ1v) is 7.21. The van der Waals surface area contributed by atoms with E-state index >= 15 is 0 Å². The van der Waals surface area contributed by atoms with Crippen LogP contribution in [0.5, 0.6) is 5.75 Å². The molecule has 1 unspecified atom stereocenters. The molecule has 0 bridgehead atoms. The SMILES string of the molecule is Cc1nc(N)sc1C(=O)NCC1Cc2ccccc2O1. The van der Waals surface area contributed by atoms with E-state index < -0.39 is 0 Å². The minimum atomic E-state index is -0.142. The third kappa shape index (κ3) is 2.46. The zero-order chi connectivity index (χ0) is 14.1. The molecule has 20 heavy (non-hydrogen) atoms. The molecule has 104 valence electrons. The zero-order valence-corrected chi connectivity index (χ0v) is 11.9. The number of benzene rings is 1. The van der Waals surface area contributed by atoms with E-state index in [1.54, 1.807) is 6.92 Å². The van der Waals surface area contributed by atoms with Gasteiger partial charge in [0.05, 0.1) is 12.2 Å². The van der Waals surface area contributed by atoms with E-state index in [-0.39, 0.29) is 12.0 Å². The van der Waals surface area contributed by atoms with Gasteiger partial charge in [0.1, 0.15) is 16.7 Å². The number of fused-ring (bicyclic) bond motifs is 1. The lowest BCUT2D eigenvalue weighted by Crippen LogP contribution is -2.34. The van der Waals surface area contributed by atoms with Gasteiger partial charge in [0.2, 0.25) is 0 Å². The molecular formula is C14H15N3O2S. The number of thiazole rings is 1. The molecule has 1 aromatic heterocycles. The highest BCUT2D eigenvalue weighted by Gasteiger charge is 2.23. The molecule has 0 radical (unpaired) electrons. The van der Waals surface area contributed by atoms with Gasteiger partial charge in [-0.25, -0.2) is 4.98 Å². The van der Waals surface area contributed by atoms with Crippen molar-refractivity contribution < 1.29 is 9.53 Å². The number of para-hydroxylation sites is 1. The Morgan fingerprint density at radius 3 is 3.05 bits per heavy atom. The monoisotopic (exact) mass is 289 g/mol. The number of nitrogen functional groups attached to an aromatic ring is 1. The molecule has 1 aliphatic heterocycles. The average molecular weight is 289 g/mol. The van der Waals surface area contributed by atoms with Crippen molar-refractivity contribution in [2.75, 3.05) is 12.3 Å². The van der Waals surface area contributed by atoms with Crippen molar-refractivity contribution in [2.24, 2.45) is 0 Å². The minimum Gasteiger partial charge on any atom is -0.488 e. The lowest BCUT2D eigenvalue weighted by molar-refractivity contribution is 0.0937. The van der Waals surface area contributed by atoms with E-state index in [4.69, 9.17) is 10.5 Å². The highest BCUT2D eigenvalue weighted by atomic mass is 32.1. The van der Waals surface area contributed by atoms with E-state index in [0.717, 1.165) is 12.2 Å². The molecule has 1 aromatic carbocycles. The number of aryl methyl sites for hydroxylation is 1. The molecule has 5 nitrogen and oxygen atoms in total. The van der Waals surface area contributed by atoms with Crippen LogP contribution in [0.4, 0.5) is 5.13 Å². The van der Waals surface area contributed by atoms with Crippen LogP contribution in [0.1, 0.15) is 20.9 Å². The second-order valence-electron chi connectivity index (χ2n) is 4.73. The van der Waals surface area contributed by atoms with E-state index in [9.17, 15) is 4.79 Å². The number of hydrogen-bond donors (Lipinski definition) is 2. The summed E-state index contributed by atoms with van der Waals surface area (Å²) >= 11 is 1.21. The van der Waals surface area contributed by atoms with Crippen LogP contribution in [0, 0.1) is 6.92 Å². The summed E-state index contributed by atoms with van der Waals surface area (Å²) in [7, 11) is 0. The third-order valence-electron chi connectivity index (χ3n) is 3.22. The first-order chi connectivity index (χ1) is 9.63. The van der Waals surface area contributed by atoms with Gasteiger partial charge < -0.3 is 15.8 Å². The average Bonchev–Trinajstić information content (AvgIpc) is 2.98. The summed E-state index contributed by atoms with van der Waals surface area (Å²) in [5, 5.41) is 3.29. The summed E-state index contributed by atoms with van der Waals surface area (Å²) in [4.78, 5) is 16.7. The van der Waals surface area contributed by atoms with Crippen LogP contribution in [0.25, 0.3) is 0 Å². The molecule has 0 saturated heterocycles. The molecule has 1 atom stereocenters. The summed E-state index contributed by atoms with van der Waals surface area (Å²) < 4.78 is 5.78. The van der Waals surface area contributed by atoms with Crippen molar-refractivity contribution in [2.45, 2.75) is 19.4 Å². The molecule has 0 aliphatic carbocycles. The number of carbonyl (C=O) groups is 1. The Hall–Kier alpha value is -2.08. The maximum Gasteiger partial charge on any atom is 0.263 e. The van der Waals surface area contributed by atoms with E-state index in [0.29, 0.717) is 22.2 Å². The van der Waals surface area contributed by atoms with Gasteiger partial charge in [0.15, 0.2) is 5.13 Å². The van der Waals surface area contributed by atoms with Gasteiger partial charge in [-0.1, -0.05) is 29.5 Å². The maximum atomic E-state index is 12.1. The standard InChI is InChI=1S/C14H15N3O2S/c1-8-12(20-14(15)17-8)13(18)16-7-10-6-9-4-2-3-5-11(9)19-10/h2-5,10H,6-7H2,1H3,(H2,15,17)(H,16,18). The van der Waals surface area contributed by atoms with Crippen LogP contribution in [0.2, 0.25) is 0 Å². The Balaban J connectivity index is 1.59. The minimum absolute atomic E-state index is 0.0121. The number of ether oxygens (including phenoxy) is 1. The molecule has 2 heterocycles. The summed E-state index contributed by atoms with van der Waals surface area (Å²) in [5.41, 5.74) is 7.45. The molecule has 1 amide bonds. The van der Waals surface area contributed by atoms with Gasteiger partial charge in [-0.15, -0.1) is 0 Å². The van der Waals surface area contributed by atoms with Gasteiger partial charge in [0.25, 0.3) is 5.91 Å². The van der Waals surface area contributed by atoms with Gasteiger partial charge in [-0.2, -0.15) is 0 Å². The molecule has 6 heteroatoms. The Kier molecular flexibility index (Phi) is 3.31. The van der Waals surface area contributed by atoms with Gasteiger partial charge in [0, 0.05) is 6.42 Å². The molecule has 3 N–H and O–H groups in total. The van der Waals surface area contributed by atoms with Crippen LogP contribution in [-0.2, 0) is 6.42 Å². The predicted octanol–water partition coefficient (Wildman–Crippen LogP) is 1.77. The quantitative estimate of drug-likeness (QED) is 0.902. The normalized spacial score (nSPS) is 16.6. The van der Waals surface area contributed by atoms with E-state index in [1.807, 2.05) is 24.3 Å². The lowest BCUT2D eigenvalue weighted by Gasteiger charge is -2.11. The smallest absolute Gasteiger partial charge is 0.263 e. The number of aromatic nitrogens is 1. The number of nitrogens with zero attached hydrogens (tertiary/aromatic N) is 1. The van der Waals surface area contributed by atoms with Crippen molar-refractivity contribution in [3.05, 3.63) is 40.4 Å². The fourth-order valence-corrected chi connectivity index (χ4v) is 3.03. The highest BCUT2D eigenvalue weighted by molar-refractivity contribution is 7.17. The number of rotatable bonds is 3. The number of hydrogen-bond acceptors (Lipinski definition) is 5. The van der Waals surface area contributed by atoms with Gasteiger partial charge >= 0.3 is 0 Å². The number of nitrogens with two attached hydrogens (primary N) is 1. The summed E-state index contributed by atoms with van der Waals surface area (Å²) in [6.45, 7) is 2.26. The molecular weight excluding hydrogens is 274 g/mol. The van der Waals surface area contributed by atoms with E-state index in [1.165, 1.54) is 16.9 Å². The molecule has 2 aromatic rings. The summed E-state index contributed by atoms with van der Waals surface area (Å²) in [6.07, 6.45) is 0.808. The Morgan fingerprint density at radius 1 is 1.55 bits per heavy atom. The van der Waals surface area contributed by atoms with Gasteiger partial charge in [-0.05, 0) is 18.6 Å². The van der Waals surface area contributed by atoms with Crippen molar-refractivity contribution >= 4 is 22.4 Å². The zero-order valence-electron chi connectivity index (χ0n) is 11.1. The summed E-state index contributed by atoms with van der Waals surface area (Å²) in [6, 6.07) is 7.94. The first-order valence-electron chi connectivity index (χ1n) is 6.39. The third-order valence-corrected chi connectivity index (χ3v) is 4.21. The molecule has 0 spiro atoms. The first kappa shape index (κ1) is 12.9. The molecule has 0 fully saturated rings. The van der Waals surface area contributed by atoms with Crippen molar-refractivity contribution in [3.8, 4) is 5.75 Å². The maximum absolute atomic E-state index is 12.1. The fourth-order valence-electron chi connectivity index (χ4n) is 2.28. The number of nitrogens with one attached hydrogen (secondary N) is 1. The van der Waals surface area contributed by atoms with E-state index in [2.05, 4.69) is 10.3 Å². The van der Waals surface area contributed by atoms with Crippen LogP contribution in [-0.4, -0.2) is 23.5 Å². The number of anilines is 1. The second kappa shape index (κ2) is 5.13. The largest absolute Gasteiger partial charge is 0.488 e. The van der Waals surface area contributed by atoms with Gasteiger partial charge in [-0.3, -0.25) is 4.79 Å². The van der Waals surface area contributed by atoms with Crippen LogP contribution < -0.4 is 15.8 Å². The number of amides is 1. The topological polar surface area (TPSA) is 77.2 Å². The summed E-state index contributed by atoms with van der Waals surface area (Å²) in [5.74, 6) is 0.765. The Labute approximate surface area is 120 Å². The van der Waals surface area contributed by atoms with Crippen LogP contribution in [0.15, 0.2) is 24.3 Å². The van der Waals surface area contributed by atoms with Crippen LogP contribution in [0.3, 0.4) is 0 Å². The Bertz CT molecular complexity index is 629. The fraction of sp³-hybridized carbons (Fsp3) is 0.286. The van der Waals surface area contributed by atoms with Crippen molar-refractivity contribution in [1.82, 2.24) is 10.3 Å².